The van der Waals surface area contributed by atoms with Gasteiger partial charge in [0.15, 0.2) is 0 Å². The summed E-state index contributed by atoms with van der Waals surface area (Å²) < 4.78 is 0. The zero-order valence-corrected chi connectivity index (χ0v) is 16.2. The van der Waals surface area contributed by atoms with Gasteiger partial charge in [0.2, 0.25) is 17.8 Å². The molecule has 0 radical (unpaired) electrons. The van der Waals surface area contributed by atoms with Gasteiger partial charge in [0, 0.05) is 24.3 Å². The van der Waals surface area contributed by atoms with E-state index < -0.39 is 0 Å². The summed E-state index contributed by atoms with van der Waals surface area (Å²) in [5.74, 6) is 1.59. The Hall–Kier alpha value is -3.68. The molecule has 2 aromatic carbocycles. The number of hydrogen-bond acceptors (Lipinski definition) is 8. The number of rotatable bonds is 6. The molecule has 0 aliphatic carbocycles. The molecule has 3 aromatic rings. The number of aromatic nitrogens is 3. The molecule has 148 valence electrons. The highest BCUT2D eigenvalue weighted by Gasteiger charge is 2.17. The lowest BCUT2D eigenvalue weighted by atomic mass is 10.1. The van der Waals surface area contributed by atoms with Crippen LogP contribution in [0.15, 0.2) is 59.7 Å². The van der Waals surface area contributed by atoms with Gasteiger partial charge in [-0.05, 0) is 44.0 Å². The first-order valence-corrected chi connectivity index (χ1v) is 9.61. The van der Waals surface area contributed by atoms with Crippen LogP contribution in [0, 0.1) is 0 Å². The number of hydrogen-bond donors (Lipinski definition) is 3. The molecule has 0 saturated carbocycles. The van der Waals surface area contributed by atoms with Crippen LogP contribution in [0.25, 0.3) is 0 Å². The minimum atomic E-state index is 0.176. The molecule has 1 saturated heterocycles. The fourth-order valence-corrected chi connectivity index (χ4v) is 3.15. The fourth-order valence-electron chi connectivity index (χ4n) is 3.15. The number of phenolic OH excluding ortho intramolecular Hbond substituents is 1. The van der Waals surface area contributed by atoms with Crippen LogP contribution in [0.2, 0.25) is 0 Å². The van der Waals surface area contributed by atoms with Crippen molar-refractivity contribution in [2.75, 3.05) is 28.7 Å². The van der Waals surface area contributed by atoms with E-state index in [1.165, 1.54) is 0 Å². The Morgan fingerprint density at radius 3 is 2.38 bits per heavy atom. The Bertz CT molecular complexity index is 1000. The molecule has 0 spiro atoms. The third-order valence-electron chi connectivity index (χ3n) is 4.66. The highest BCUT2D eigenvalue weighted by atomic mass is 16.3. The first-order valence-electron chi connectivity index (χ1n) is 9.61. The smallest absolute Gasteiger partial charge is 0.250 e. The van der Waals surface area contributed by atoms with Crippen molar-refractivity contribution in [2.45, 2.75) is 19.8 Å². The standard InChI is InChI=1S/C21H23N7O/c1-15(17-11-5-6-12-18(17)29)26-27-20-23-19(22-16-9-3-2-4-10-16)24-21(25-20)28-13-7-8-14-28/h2-6,9-12,29H,7-8,13-14H2,1H3,(H2,22,23,24,25,27)/b26-15+. The average Bonchev–Trinajstić information content (AvgIpc) is 3.28. The van der Waals surface area contributed by atoms with Gasteiger partial charge in [-0.3, -0.25) is 0 Å². The van der Waals surface area contributed by atoms with Crippen LogP contribution in [0.1, 0.15) is 25.3 Å². The van der Waals surface area contributed by atoms with Crippen molar-refractivity contribution in [2.24, 2.45) is 5.10 Å². The summed E-state index contributed by atoms with van der Waals surface area (Å²) in [6.45, 7) is 3.66. The van der Waals surface area contributed by atoms with Crippen LogP contribution < -0.4 is 15.6 Å². The summed E-state index contributed by atoms with van der Waals surface area (Å²) in [6, 6.07) is 16.8. The third kappa shape index (κ3) is 4.60. The molecule has 8 nitrogen and oxygen atoms in total. The second kappa shape index (κ2) is 8.55. The van der Waals surface area contributed by atoms with Gasteiger partial charge in [-0.1, -0.05) is 30.3 Å². The Kier molecular flexibility index (Phi) is 5.51. The maximum atomic E-state index is 10.0. The van der Waals surface area contributed by atoms with Crippen molar-refractivity contribution in [1.82, 2.24) is 15.0 Å². The number of aromatic hydroxyl groups is 1. The van der Waals surface area contributed by atoms with Crippen LogP contribution in [-0.2, 0) is 0 Å². The molecular weight excluding hydrogens is 366 g/mol. The van der Waals surface area contributed by atoms with Gasteiger partial charge >= 0.3 is 0 Å². The van der Waals surface area contributed by atoms with Gasteiger partial charge in [0.1, 0.15) is 5.75 Å². The van der Waals surface area contributed by atoms with Crippen molar-refractivity contribution in [3.63, 3.8) is 0 Å². The molecule has 8 heteroatoms. The van der Waals surface area contributed by atoms with Crippen LogP contribution in [-0.4, -0.2) is 38.9 Å². The summed E-state index contributed by atoms with van der Waals surface area (Å²) in [5, 5.41) is 17.6. The maximum absolute atomic E-state index is 10.0. The van der Waals surface area contributed by atoms with E-state index in [1.54, 1.807) is 18.2 Å². The molecule has 1 aliphatic heterocycles. The summed E-state index contributed by atoms with van der Waals surface area (Å²) >= 11 is 0. The Morgan fingerprint density at radius 2 is 1.62 bits per heavy atom. The third-order valence-corrected chi connectivity index (χ3v) is 4.66. The summed E-state index contributed by atoms with van der Waals surface area (Å²) in [6.07, 6.45) is 2.25. The number of anilines is 4. The minimum Gasteiger partial charge on any atom is -0.507 e. The molecule has 2 heterocycles. The van der Waals surface area contributed by atoms with Gasteiger partial charge < -0.3 is 15.3 Å². The van der Waals surface area contributed by atoms with E-state index in [1.807, 2.05) is 43.3 Å². The molecule has 3 N–H and O–H groups in total. The number of hydrazone groups is 1. The zero-order valence-electron chi connectivity index (χ0n) is 16.2. The van der Waals surface area contributed by atoms with Crippen LogP contribution in [0.5, 0.6) is 5.75 Å². The molecule has 0 atom stereocenters. The van der Waals surface area contributed by atoms with Crippen molar-refractivity contribution >= 4 is 29.2 Å². The first-order chi connectivity index (χ1) is 14.2. The Labute approximate surface area is 169 Å². The number of para-hydroxylation sites is 2. The van der Waals surface area contributed by atoms with Crippen molar-refractivity contribution in [3.8, 4) is 5.75 Å². The average molecular weight is 389 g/mol. The Morgan fingerprint density at radius 1 is 0.931 bits per heavy atom. The van der Waals surface area contributed by atoms with Crippen LogP contribution >= 0.6 is 0 Å². The van der Waals surface area contributed by atoms with Crippen LogP contribution in [0.3, 0.4) is 0 Å². The molecule has 0 unspecified atom stereocenters. The van der Waals surface area contributed by atoms with Gasteiger partial charge in [0.25, 0.3) is 0 Å². The van der Waals surface area contributed by atoms with Crippen molar-refractivity contribution < 1.29 is 5.11 Å². The molecule has 1 aromatic heterocycles. The lowest BCUT2D eigenvalue weighted by Gasteiger charge is -2.16. The number of phenols is 1. The van der Waals surface area contributed by atoms with E-state index in [2.05, 4.69) is 35.7 Å². The summed E-state index contributed by atoms with van der Waals surface area (Å²) in [7, 11) is 0. The van der Waals surface area contributed by atoms with E-state index in [4.69, 9.17) is 0 Å². The van der Waals surface area contributed by atoms with Gasteiger partial charge in [-0.25, -0.2) is 5.43 Å². The molecule has 1 aliphatic rings. The van der Waals surface area contributed by atoms with E-state index in [0.29, 0.717) is 29.1 Å². The summed E-state index contributed by atoms with van der Waals surface area (Å²) in [4.78, 5) is 15.7. The van der Waals surface area contributed by atoms with E-state index in [9.17, 15) is 5.11 Å². The molecular formula is C21H23N7O. The first kappa shape index (κ1) is 18.7. The number of nitrogens with one attached hydrogen (secondary N) is 2. The topological polar surface area (TPSA) is 98.6 Å². The quantitative estimate of drug-likeness (QED) is 0.436. The maximum Gasteiger partial charge on any atom is 0.250 e. The van der Waals surface area contributed by atoms with Crippen molar-refractivity contribution in [3.05, 3.63) is 60.2 Å². The normalized spacial score (nSPS) is 14.1. The van der Waals surface area contributed by atoms with Gasteiger partial charge in [-0.15, -0.1) is 0 Å². The lowest BCUT2D eigenvalue weighted by molar-refractivity contribution is 0.474. The largest absolute Gasteiger partial charge is 0.507 e. The molecule has 29 heavy (non-hydrogen) atoms. The highest BCUT2D eigenvalue weighted by molar-refractivity contribution is 6.01. The molecule has 4 rings (SSSR count). The van der Waals surface area contributed by atoms with Gasteiger partial charge in [-0.2, -0.15) is 20.1 Å². The lowest BCUT2D eigenvalue weighted by Crippen LogP contribution is -2.22. The number of benzene rings is 2. The van der Waals surface area contributed by atoms with E-state index >= 15 is 0 Å². The molecule has 0 amide bonds. The molecule has 1 fully saturated rings. The second-order valence-corrected chi connectivity index (χ2v) is 6.79. The van der Waals surface area contributed by atoms with E-state index in [-0.39, 0.29) is 5.75 Å². The van der Waals surface area contributed by atoms with Gasteiger partial charge in [0.05, 0.1) is 5.71 Å². The predicted octanol–water partition coefficient (Wildman–Crippen LogP) is 3.76. The van der Waals surface area contributed by atoms with Crippen LogP contribution in [0.4, 0.5) is 23.5 Å². The fraction of sp³-hybridized carbons (Fsp3) is 0.238. The predicted molar refractivity (Wildman–Crippen MR) is 115 cm³/mol. The minimum absolute atomic E-state index is 0.176. The number of nitrogens with zero attached hydrogens (tertiary/aromatic N) is 5. The van der Waals surface area contributed by atoms with Crippen molar-refractivity contribution in [1.29, 1.82) is 0 Å². The highest BCUT2D eigenvalue weighted by Crippen LogP contribution is 2.21. The SMILES string of the molecule is C/C(=N\Nc1nc(Nc2ccccc2)nc(N2CCCC2)n1)c1ccccc1O. The Balaban J connectivity index is 1.61. The molecule has 0 bridgehead atoms. The zero-order chi connectivity index (χ0) is 20.1. The monoisotopic (exact) mass is 389 g/mol. The summed E-state index contributed by atoms with van der Waals surface area (Å²) in [5.41, 5.74) is 5.08. The second-order valence-electron chi connectivity index (χ2n) is 6.79. The van der Waals surface area contributed by atoms with E-state index in [0.717, 1.165) is 31.6 Å².